The van der Waals surface area contributed by atoms with Crippen molar-refractivity contribution in [3.63, 3.8) is 0 Å². The van der Waals surface area contributed by atoms with E-state index in [0.717, 1.165) is 31.4 Å². The largest absolute Gasteiger partial charge is 0.446 e. The molecule has 7 heteroatoms. The Balaban J connectivity index is 1.22. The summed E-state index contributed by atoms with van der Waals surface area (Å²) >= 11 is 0. The highest BCUT2D eigenvalue weighted by molar-refractivity contribution is 5.84. The predicted molar refractivity (Wildman–Crippen MR) is 81.8 cm³/mol. The minimum Gasteiger partial charge on any atom is -0.446 e. The predicted octanol–water partition coefficient (Wildman–Crippen LogP) is 4.07. The smallest absolute Gasteiger partial charge is 0.416 e. The van der Waals surface area contributed by atoms with Crippen LogP contribution in [-0.2, 0) is 15.7 Å². The molecule has 3 aliphatic carbocycles. The van der Waals surface area contributed by atoms with Crippen molar-refractivity contribution in [2.75, 3.05) is 5.32 Å². The minimum absolute atomic E-state index is 0.0939. The van der Waals surface area contributed by atoms with Gasteiger partial charge in [-0.1, -0.05) is 6.07 Å². The highest BCUT2D eigenvalue weighted by Gasteiger charge is 2.67. The van der Waals surface area contributed by atoms with Crippen molar-refractivity contribution in [1.29, 1.82) is 0 Å². The number of hydrogen-bond donors (Lipinski definition) is 1. The van der Waals surface area contributed by atoms with E-state index in [2.05, 4.69) is 5.32 Å². The third-order valence-corrected chi connectivity index (χ3v) is 6.38. The lowest BCUT2D eigenvalue weighted by Crippen LogP contribution is -2.35. The number of benzene rings is 1. The Kier molecular flexibility index (Phi) is 3.18. The van der Waals surface area contributed by atoms with Gasteiger partial charge in [0.1, 0.15) is 6.10 Å². The molecule has 4 fully saturated rings. The van der Waals surface area contributed by atoms with Crippen LogP contribution in [0.5, 0.6) is 0 Å². The molecule has 1 amide bonds. The molecular weight excluding hydrogens is 335 g/mol. The van der Waals surface area contributed by atoms with Crippen LogP contribution in [0.15, 0.2) is 24.3 Å². The van der Waals surface area contributed by atoms with Gasteiger partial charge in [0.2, 0.25) is 0 Å². The molecule has 3 saturated carbocycles. The van der Waals surface area contributed by atoms with Gasteiger partial charge in [-0.3, -0.25) is 5.32 Å². The third kappa shape index (κ3) is 2.51. The topological polar surface area (TPSA) is 50.9 Å². The summed E-state index contributed by atoms with van der Waals surface area (Å²) in [6, 6.07) is 4.58. The molecule has 7 unspecified atom stereocenters. The molecule has 1 aliphatic heterocycles. The van der Waals surface area contributed by atoms with Gasteiger partial charge in [0.05, 0.1) is 17.8 Å². The first kappa shape index (κ1) is 15.5. The van der Waals surface area contributed by atoms with Gasteiger partial charge < -0.3 is 9.47 Å². The van der Waals surface area contributed by atoms with Crippen LogP contribution in [0.1, 0.15) is 24.8 Å². The number of epoxide rings is 1. The molecule has 5 rings (SSSR count). The van der Waals surface area contributed by atoms with Crippen molar-refractivity contribution in [2.45, 2.75) is 43.8 Å². The number of halogens is 3. The van der Waals surface area contributed by atoms with Gasteiger partial charge in [-0.2, -0.15) is 13.2 Å². The van der Waals surface area contributed by atoms with Crippen molar-refractivity contribution >= 4 is 11.8 Å². The second kappa shape index (κ2) is 5.13. The molecule has 1 aromatic rings. The van der Waals surface area contributed by atoms with Crippen LogP contribution in [-0.4, -0.2) is 24.4 Å². The van der Waals surface area contributed by atoms with E-state index in [1.54, 1.807) is 0 Å². The van der Waals surface area contributed by atoms with Crippen LogP contribution in [0.3, 0.4) is 0 Å². The van der Waals surface area contributed by atoms with Crippen LogP contribution >= 0.6 is 0 Å². The Hall–Kier alpha value is -1.76. The van der Waals surface area contributed by atoms with Crippen LogP contribution in [0.2, 0.25) is 0 Å². The maximum absolute atomic E-state index is 12.7. The average Bonchev–Trinajstić information content (AvgIpc) is 2.91. The molecule has 0 spiro atoms. The van der Waals surface area contributed by atoms with Gasteiger partial charge in [0.25, 0.3) is 0 Å². The number of ether oxygens (including phenoxy) is 2. The molecule has 4 nitrogen and oxygen atoms in total. The summed E-state index contributed by atoms with van der Waals surface area (Å²) in [5.41, 5.74) is -0.699. The second-order valence-electron chi connectivity index (χ2n) is 7.66. The summed E-state index contributed by atoms with van der Waals surface area (Å²) in [6.45, 7) is 0. The SMILES string of the molecule is O=C(Nc1cccc(C(F)(F)F)c1)OC1CC2CC1C1CC3OC3C21. The average molecular weight is 353 g/mol. The highest BCUT2D eigenvalue weighted by atomic mass is 19.4. The standard InChI is InChI=1S/C18H18F3NO3/c19-18(20,21)9-2-1-3-10(6-9)22-17(23)25-13-5-8-4-11(13)12-7-14-16(24-14)15(8)12/h1-3,6,8,11-16H,4-5,7H2,(H,22,23). The van der Waals surface area contributed by atoms with E-state index >= 15 is 0 Å². The van der Waals surface area contributed by atoms with E-state index < -0.39 is 17.8 Å². The Morgan fingerprint density at radius 3 is 2.84 bits per heavy atom. The molecule has 134 valence electrons. The van der Waals surface area contributed by atoms with E-state index in [0.29, 0.717) is 35.9 Å². The van der Waals surface area contributed by atoms with E-state index in [4.69, 9.17) is 9.47 Å². The molecule has 4 aliphatic rings. The zero-order valence-corrected chi connectivity index (χ0v) is 13.3. The van der Waals surface area contributed by atoms with Gasteiger partial charge in [0.15, 0.2) is 0 Å². The zero-order chi connectivity index (χ0) is 17.3. The number of fused-ring (bicyclic) bond motifs is 7. The lowest BCUT2D eigenvalue weighted by molar-refractivity contribution is -0.137. The van der Waals surface area contributed by atoms with Gasteiger partial charge in [-0.25, -0.2) is 4.79 Å². The third-order valence-electron chi connectivity index (χ3n) is 6.38. The number of carbonyl (C=O) groups is 1. The molecule has 7 atom stereocenters. The number of amides is 1. The molecule has 25 heavy (non-hydrogen) atoms. The van der Waals surface area contributed by atoms with Crippen molar-refractivity contribution in [1.82, 2.24) is 0 Å². The summed E-state index contributed by atoms with van der Waals surface area (Å²) in [5, 5.41) is 2.43. The number of carbonyl (C=O) groups excluding carboxylic acids is 1. The fraction of sp³-hybridized carbons (Fsp3) is 0.611. The maximum Gasteiger partial charge on any atom is 0.416 e. The highest BCUT2D eigenvalue weighted by Crippen LogP contribution is 2.64. The number of alkyl halides is 3. The minimum atomic E-state index is -4.44. The summed E-state index contributed by atoms with van der Waals surface area (Å²) in [4.78, 5) is 12.1. The lowest BCUT2D eigenvalue weighted by Gasteiger charge is -2.32. The van der Waals surface area contributed by atoms with Crippen molar-refractivity contribution in [3.05, 3.63) is 29.8 Å². The number of rotatable bonds is 2. The van der Waals surface area contributed by atoms with E-state index in [1.165, 1.54) is 12.1 Å². The van der Waals surface area contributed by atoms with Crippen LogP contribution in [0, 0.1) is 23.7 Å². The number of hydrogen-bond acceptors (Lipinski definition) is 3. The summed E-state index contributed by atoms with van der Waals surface area (Å²) in [7, 11) is 0. The lowest BCUT2D eigenvalue weighted by atomic mass is 9.79. The van der Waals surface area contributed by atoms with E-state index in [-0.39, 0.29) is 11.8 Å². The monoisotopic (exact) mass is 353 g/mol. The summed E-state index contributed by atoms with van der Waals surface area (Å²) < 4.78 is 49.4. The number of anilines is 1. The molecule has 1 saturated heterocycles. The Bertz CT molecular complexity index is 722. The van der Waals surface area contributed by atoms with Crippen molar-refractivity contribution in [3.8, 4) is 0 Å². The van der Waals surface area contributed by atoms with Gasteiger partial charge in [-0.15, -0.1) is 0 Å². The molecule has 2 bridgehead atoms. The van der Waals surface area contributed by atoms with Gasteiger partial charge in [0, 0.05) is 5.69 Å². The van der Waals surface area contributed by atoms with E-state index in [1.807, 2.05) is 0 Å². The number of nitrogens with one attached hydrogen (secondary N) is 1. The second-order valence-corrected chi connectivity index (χ2v) is 7.66. The summed E-state index contributed by atoms with van der Waals surface area (Å²) in [5.74, 6) is 2.13. The van der Waals surface area contributed by atoms with Crippen molar-refractivity contribution in [2.24, 2.45) is 23.7 Å². The quantitative estimate of drug-likeness (QED) is 0.816. The first-order chi connectivity index (χ1) is 11.9. The first-order valence-electron chi connectivity index (χ1n) is 8.70. The molecule has 1 N–H and O–H groups in total. The normalized spacial score (nSPS) is 40.5. The molecule has 0 aromatic heterocycles. The van der Waals surface area contributed by atoms with Crippen molar-refractivity contribution < 1.29 is 27.4 Å². The van der Waals surface area contributed by atoms with Crippen LogP contribution < -0.4 is 5.32 Å². The molecule has 1 aromatic carbocycles. The molecular formula is C18H18F3NO3. The molecule has 1 heterocycles. The Morgan fingerprint density at radius 1 is 1.20 bits per heavy atom. The fourth-order valence-electron chi connectivity index (χ4n) is 5.46. The maximum atomic E-state index is 12.7. The van der Waals surface area contributed by atoms with Gasteiger partial charge >= 0.3 is 12.3 Å². The van der Waals surface area contributed by atoms with Crippen LogP contribution in [0.25, 0.3) is 0 Å². The Morgan fingerprint density at radius 2 is 2.04 bits per heavy atom. The zero-order valence-electron chi connectivity index (χ0n) is 13.3. The fourth-order valence-corrected chi connectivity index (χ4v) is 5.46. The first-order valence-corrected chi connectivity index (χ1v) is 8.70. The summed E-state index contributed by atoms with van der Waals surface area (Å²) in [6.07, 6.45) is -1.42. The molecule has 0 radical (unpaired) electrons. The van der Waals surface area contributed by atoms with E-state index in [9.17, 15) is 18.0 Å². The van der Waals surface area contributed by atoms with Gasteiger partial charge in [-0.05, 0) is 61.1 Å². The Labute approximate surface area is 142 Å². The van der Waals surface area contributed by atoms with Crippen LogP contribution in [0.4, 0.5) is 23.7 Å².